The van der Waals surface area contributed by atoms with Crippen molar-refractivity contribution in [3.8, 4) is 5.75 Å². The van der Waals surface area contributed by atoms with Gasteiger partial charge in [0.25, 0.3) is 0 Å². The summed E-state index contributed by atoms with van der Waals surface area (Å²) >= 11 is 0. The number of rotatable bonds is 5. The number of ether oxygens (including phenoxy) is 1. The Hall–Kier alpha value is -2.53. The highest BCUT2D eigenvalue weighted by Gasteiger charge is 2.23. The summed E-state index contributed by atoms with van der Waals surface area (Å²) in [7, 11) is 2.06. The van der Waals surface area contributed by atoms with Crippen molar-refractivity contribution in [2.24, 2.45) is 0 Å². The van der Waals surface area contributed by atoms with Crippen LogP contribution in [-0.4, -0.2) is 35.7 Å². The monoisotopic (exact) mass is 324 g/mol. The number of hydrogen-bond acceptors (Lipinski definition) is 4. The Morgan fingerprint density at radius 2 is 1.96 bits per heavy atom. The minimum absolute atomic E-state index is 0.171. The first-order valence-electron chi connectivity index (χ1n) is 8.22. The van der Waals surface area contributed by atoms with Gasteiger partial charge in [0.15, 0.2) is 5.58 Å². The summed E-state index contributed by atoms with van der Waals surface area (Å²) in [6, 6.07) is 15.7. The highest BCUT2D eigenvalue weighted by atomic mass is 16.5. The molecule has 0 radical (unpaired) electrons. The van der Waals surface area contributed by atoms with Gasteiger partial charge in [0.2, 0.25) is 0 Å². The van der Waals surface area contributed by atoms with Crippen LogP contribution in [0, 0.1) is 0 Å². The summed E-state index contributed by atoms with van der Waals surface area (Å²) in [6.45, 7) is 2.20. The molecule has 0 saturated carbocycles. The Kier molecular flexibility index (Phi) is 3.86. The van der Waals surface area contributed by atoms with Gasteiger partial charge in [0.05, 0.1) is 5.52 Å². The van der Waals surface area contributed by atoms with E-state index >= 15 is 0 Å². The third-order valence-corrected chi connectivity index (χ3v) is 4.51. The SMILES string of the molecule is CN(CCn1c(=O)oc2ccccc21)C[C@H]1Cc2ccccc2O1. The highest BCUT2D eigenvalue weighted by Crippen LogP contribution is 2.28. The lowest BCUT2D eigenvalue weighted by atomic mass is 10.1. The van der Waals surface area contributed by atoms with E-state index in [9.17, 15) is 4.79 Å². The largest absolute Gasteiger partial charge is 0.488 e. The molecular formula is C19H20N2O3. The van der Waals surface area contributed by atoms with Crippen LogP contribution in [0.3, 0.4) is 0 Å². The fourth-order valence-corrected chi connectivity index (χ4v) is 3.29. The molecule has 0 bridgehead atoms. The lowest BCUT2D eigenvalue weighted by Gasteiger charge is -2.20. The molecule has 0 aliphatic carbocycles. The van der Waals surface area contributed by atoms with E-state index in [4.69, 9.17) is 9.15 Å². The van der Waals surface area contributed by atoms with Crippen LogP contribution < -0.4 is 10.5 Å². The molecule has 0 unspecified atom stereocenters. The van der Waals surface area contributed by atoms with Gasteiger partial charge in [-0.2, -0.15) is 0 Å². The van der Waals surface area contributed by atoms with Crippen molar-refractivity contribution in [2.45, 2.75) is 19.1 Å². The first kappa shape index (κ1) is 15.0. The van der Waals surface area contributed by atoms with Gasteiger partial charge in [-0.05, 0) is 30.8 Å². The molecule has 3 aromatic rings. The standard InChI is InChI=1S/C19H20N2O3/c1-20(13-15-12-14-6-2-4-8-17(14)23-15)10-11-21-16-7-3-5-9-18(16)24-19(21)22/h2-9,15H,10-13H2,1H3/t15-/m1/s1. The average Bonchev–Trinajstić information content (AvgIpc) is 3.12. The molecule has 1 atom stereocenters. The lowest BCUT2D eigenvalue weighted by molar-refractivity contribution is 0.166. The Balaban J connectivity index is 1.38. The van der Waals surface area contributed by atoms with Gasteiger partial charge in [-0.15, -0.1) is 0 Å². The second-order valence-corrected chi connectivity index (χ2v) is 6.30. The van der Waals surface area contributed by atoms with E-state index in [2.05, 4.69) is 18.0 Å². The topological polar surface area (TPSA) is 47.6 Å². The lowest BCUT2D eigenvalue weighted by Crippen LogP contribution is -2.35. The summed E-state index contributed by atoms with van der Waals surface area (Å²) in [6.07, 6.45) is 1.11. The van der Waals surface area contributed by atoms with Crippen LogP contribution in [-0.2, 0) is 13.0 Å². The molecular weight excluding hydrogens is 304 g/mol. The first-order chi connectivity index (χ1) is 11.7. The Morgan fingerprint density at radius 1 is 1.17 bits per heavy atom. The second kappa shape index (κ2) is 6.17. The maximum absolute atomic E-state index is 12.0. The van der Waals surface area contributed by atoms with Gasteiger partial charge < -0.3 is 14.1 Å². The summed E-state index contributed by atoms with van der Waals surface area (Å²) in [5.74, 6) is 0.696. The molecule has 1 aliphatic heterocycles. The molecule has 124 valence electrons. The normalized spacial score (nSPS) is 16.5. The van der Waals surface area contributed by atoms with E-state index in [0.29, 0.717) is 12.1 Å². The van der Waals surface area contributed by atoms with Crippen LogP contribution in [0.4, 0.5) is 0 Å². The third kappa shape index (κ3) is 2.83. The molecule has 1 aromatic heterocycles. The number of para-hydroxylation sites is 3. The zero-order valence-corrected chi connectivity index (χ0v) is 13.6. The molecule has 5 nitrogen and oxygen atoms in total. The summed E-state index contributed by atoms with van der Waals surface area (Å²) in [5.41, 5.74) is 2.76. The predicted octanol–water partition coefficient (Wildman–Crippen LogP) is 2.53. The average molecular weight is 324 g/mol. The van der Waals surface area contributed by atoms with Gasteiger partial charge >= 0.3 is 5.76 Å². The van der Waals surface area contributed by atoms with E-state index in [1.807, 2.05) is 42.5 Å². The second-order valence-electron chi connectivity index (χ2n) is 6.30. The Morgan fingerprint density at radius 3 is 2.83 bits per heavy atom. The maximum Gasteiger partial charge on any atom is 0.419 e. The predicted molar refractivity (Wildman–Crippen MR) is 92.5 cm³/mol. The Labute approximate surface area is 140 Å². The third-order valence-electron chi connectivity index (χ3n) is 4.51. The molecule has 0 fully saturated rings. The molecule has 0 N–H and O–H groups in total. The molecule has 24 heavy (non-hydrogen) atoms. The number of aromatic nitrogens is 1. The molecule has 0 spiro atoms. The number of benzene rings is 2. The Bertz CT molecular complexity index is 887. The smallest absolute Gasteiger partial charge is 0.419 e. The van der Waals surface area contributed by atoms with Crippen molar-refractivity contribution in [3.63, 3.8) is 0 Å². The molecule has 2 heterocycles. The first-order valence-corrected chi connectivity index (χ1v) is 8.22. The zero-order chi connectivity index (χ0) is 16.5. The summed E-state index contributed by atoms with van der Waals surface area (Å²) in [4.78, 5) is 14.2. The quantitative estimate of drug-likeness (QED) is 0.723. The van der Waals surface area contributed by atoms with Gasteiger partial charge in [-0.25, -0.2) is 4.79 Å². The van der Waals surface area contributed by atoms with Crippen LogP contribution in [0.15, 0.2) is 57.7 Å². The number of hydrogen-bond donors (Lipinski definition) is 0. The molecule has 4 rings (SSSR count). The minimum Gasteiger partial charge on any atom is -0.488 e. The maximum atomic E-state index is 12.0. The van der Waals surface area contributed by atoms with Crippen molar-refractivity contribution in [3.05, 3.63) is 64.6 Å². The van der Waals surface area contributed by atoms with E-state index in [1.54, 1.807) is 4.57 Å². The molecule has 5 heteroatoms. The fraction of sp³-hybridized carbons (Fsp3) is 0.316. The number of oxazole rings is 1. The van der Waals surface area contributed by atoms with Crippen LogP contribution in [0.5, 0.6) is 5.75 Å². The van der Waals surface area contributed by atoms with Gasteiger partial charge in [0, 0.05) is 26.1 Å². The van der Waals surface area contributed by atoms with Crippen molar-refractivity contribution < 1.29 is 9.15 Å². The fourth-order valence-electron chi connectivity index (χ4n) is 3.29. The van der Waals surface area contributed by atoms with Crippen molar-refractivity contribution in [1.29, 1.82) is 0 Å². The van der Waals surface area contributed by atoms with E-state index in [1.165, 1.54) is 5.56 Å². The number of fused-ring (bicyclic) bond motifs is 2. The molecule has 2 aromatic carbocycles. The number of nitrogens with zero attached hydrogens (tertiary/aromatic N) is 2. The molecule has 0 amide bonds. The molecule has 1 aliphatic rings. The highest BCUT2D eigenvalue weighted by molar-refractivity contribution is 5.72. The van der Waals surface area contributed by atoms with Gasteiger partial charge in [0.1, 0.15) is 11.9 Å². The van der Waals surface area contributed by atoms with E-state index < -0.39 is 0 Å². The van der Waals surface area contributed by atoms with Crippen LogP contribution in [0.25, 0.3) is 11.1 Å². The van der Waals surface area contributed by atoms with E-state index in [0.717, 1.165) is 30.8 Å². The van der Waals surface area contributed by atoms with Crippen LogP contribution in [0.1, 0.15) is 5.56 Å². The van der Waals surface area contributed by atoms with Gasteiger partial charge in [-0.3, -0.25) is 4.57 Å². The van der Waals surface area contributed by atoms with Crippen molar-refractivity contribution in [2.75, 3.05) is 20.1 Å². The molecule has 0 saturated heterocycles. The van der Waals surface area contributed by atoms with Crippen molar-refractivity contribution in [1.82, 2.24) is 9.47 Å². The minimum atomic E-state index is -0.297. The zero-order valence-electron chi connectivity index (χ0n) is 13.6. The summed E-state index contributed by atoms with van der Waals surface area (Å²) < 4.78 is 12.9. The summed E-state index contributed by atoms with van der Waals surface area (Å²) in [5, 5.41) is 0. The van der Waals surface area contributed by atoms with E-state index in [-0.39, 0.29) is 11.9 Å². The van der Waals surface area contributed by atoms with Crippen LogP contribution in [0.2, 0.25) is 0 Å². The van der Waals surface area contributed by atoms with Gasteiger partial charge in [-0.1, -0.05) is 30.3 Å². The van der Waals surface area contributed by atoms with Crippen molar-refractivity contribution >= 4 is 11.1 Å². The van der Waals surface area contributed by atoms with Crippen LogP contribution >= 0.6 is 0 Å². The number of likely N-dealkylation sites (N-methyl/N-ethyl adjacent to an activating group) is 1.